The Morgan fingerprint density at radius 2 is 2.29 bits per heavy atom. The molecular weight excluding hydrogens is 252 g/mol. The van der Waals surface area contributed by atoms with Gasteiger partial charge in [0.25, 0.3) is 0 Å². The predicted octanol–water partition coefficient (Wildman–Crippen LogP) is 2.69. The third kappa shape index (κ3) is 2.73. The summed E-state index contributed by atoms with van der Waals surface area (Å²) in [6.07, 6.45) is 1.98. The lowest BCUT2D eigenvalue weighted by Crippen LogP contribution is -2.38. The van der Waals surface area contributed by atoms with E-state index in [2.05, 4.69) is 13.8 Å². The molecule has 2 aromatic heterocycles. The lowest BCUT2D eigenvalue weighted by atomic mass is 10.2. The summed E-state index contributed by atoms with van der Waals surface area (Å²) in [5.74, 6) is 0.560. The molecule has 0 saturated heterocycles. The minimum Gasteiger partial charge on any atom is -0.289 e. The van der Waals surface area contributed by atoms with Gasteiger partial charge in [-0.05, 0) is 17.4 Å². The van der Waals surface area contributed by atoms with Crippen molar-refractivity contribution in [2.75, 3.05) is 5.73 Å². The van der Waals surface area contributed by atoms with Gasteiger partial charge in [0.2, 0.25) is 5.78 Å². The second kappa shape index (κ2) is 4.98. The van der Waals surface area contributed by atoms with Crippen molar-refractivity contribution < 1.29 is 9.36 Å². The largest absolute Gasteiger partial charge is 0.332 e. The van der Waals surface area contributed by atoms with Gasteiger partial charge >= 0.3 is 5.13 Å². The third-order valence-corrected chi connectivity index (χ3v) is 4.63. The highest BCUT2D eigenvalue weighted by Gasteiger charge is 2.18. The van der Waals surface area contributed by atoms with Crippen molar-refractivity contribution in [1.29, 1.82) is 0 Å². The lowest BCUT2D eigenvalue weighted by Gasteiger charge is -1.96. The molecule has 17 heavy (non-hydrogen) atoms. The number of rotatable bonds is 4. The van der Waals surface area contributed by atoms with E-state index in [1.807, 2.05) is 28.3 Å². The van der Waals surface area contributed by atoms with Gasteiger partial charge in [0.05, 0.1) is 9.75 Å². The molecule has 90 valence electrons. The van der Waals surface area contributed by atoms with E-state index < -0.39 is 0 Å². The number of thiophene rings is 1. The molecule has 2 rings (SSSR count). The number of anilines is 1. The van der Waals surface area contributed by atoms with Gasteiger partial charge in [0.15, 0.2) is 6.54 Å². The first-order valence-corrected chi connectivity index (χ1v) is 7.13. The molecule has 0 saturated carbocycles. The predicted molar refractivity (Wildman–Crippen MR) is 71.7 cm³/mol. The van der Waals surface area contributed by atoms with E-state index in [1.165, 1.54) is 16.2 Å². The van der Waals surface area contributed by atoms with Gasteiger partial charge in [-0.3, -0.25) is 10.5 Å². The molecular formula is C12H15N2OS2+. The number of carbonyl (C=O) groups excluding carboxylic acids is 1. The highest BCUT2D eigenvalue weighted by molar-refractivity contribution is 7.15. The Hall–Kier alpha value is -1.20. The second-order valence-electron chi connectivity index (χ2n) is 4.15. The fraction of sp³-hybridized carbons (Fsp3) is 0.333. The Balaban J connectivity index is 2.16. The molecule has 0 aliphatic rings. The van der Waals surface area contributed by atoms with Crippen molar-refractivity contribution in [3.8, 4) is 0 Å². The van der Waals surface area contributed by atoms with Crippen LogP contribution >= 0.6 is 22.7 Å². The van der Waals surface area contributed by atoms with Gasteiger partial charge in [0.1, 0.15) is 6.20 Å². The monoisotopic (exact) mass is 267 g/mol. The molecule has 0 radical (unpaired) electrons. The molecule has 0 amide bonds. The fourth-order valence-electron chi connectivity index (χ4n) is 1.48. The van der Waals surface area contributed by atoms with E-state index >= 15 is 0 Å². The first-order valence-electron chi connectivity index (χ1n) is 5.43. The standard InChI is InChI=1S/C12H14N2OS2/c1-8(2)11-7-14(12(13)17-11)6-9(15)10-4-3-5-16-10/h3-5,7-8,13H,6H2,1-2H3/p+1. The molecule has 0 aromatic carbocycles. The molecule has 0 fully saturated rings. The minimum absolute atomic E-state index is 0.116. The van der Waals surface area contributed by atoms with Crippen LogP contribution in [0.15, 0.2) is 23.7 Å². The first-order chi connectivity index (χ1) is 8.08. The SMILES string of the molecule is CC(C)c1c[n+](CC(=O)c2cccs2)c(N)s1. The second-order valence-corrected chi connectivity index (χ2v) is 6.20. The number of carbonyl (C=O) groups is 1. The van der Waals surface area contributed by atoms with Crippen LogP contribution in [0.2, 0.25) is 0 Å². The van der Waals surface area contributed by atoms with Crippen LogP contribution in [-0.2, 0) is 6.54 Å². The third-order valence-electron chi connectivity index (χ3n) is 2.47. The highest BCUT2D eigenvalue weighted by atomic mass is 32.1. The summed E-state index contributed by atoms with van der Waals surface area (Å²) in [7, 11) is 0. The zero-order valence-corrected chi connectivity index (χ0v) is 11.5. The fourth-order valence-corrected chi connectivity index (χ4v) is 3.03. The van der Waals surface area contributed by atoms with E-state index in [4.69, 9.17) is 5.73 Å². The summed E-state index contributed by atoms with van der Waals surface area (Å²) in [5, 5.41) is 2.60. The van der Waals surface area contributed by atoms with Gasteiger partial charge in [-0.15, -0.1) is 11.3 Å². The first kappa shape index (κ1) is 12.3. The van der Waals surface area contributed by atoms with Crippen LogP contribution in [0, 0.1) is 0 Å². The van der Waals surface area contributed by atoms with Gasteiger partial charge in [-0.1, -0.05) is 31.3 Å². The maximum atomic E-state index is 11.9. The van der Waals surface area contributed by atoms with E-state index in [1.54, 1.807) is 11.3 Å². The van der Waals surface area contributed by atoms with Crippen LogP contribution in [0.5, 0.6) is 0 Å². The number of ketones is 1. The van der Waals surface area contributed by atoms with Gasteiger partial charge in [-0.25, -0.2) is 4.57 Å². The summed E-state index contributed by atoms with van der Waals surface area (Å²) < 4.78 is 1.84. The topological polar surface area (TPSA) is 47.0 Å². The molecule has 2 heterocycles. The molecule has 0 atom stereocenters. The van der Waals surface area contributed by atoms with Crippen LogP contribution in [0.3, 0.4) is 0 Å². The summed E-state index contributed by atoms with van der Waals surface area (Å²) in [6, 6.07) is 3.73. The maximum Gasteiger partial charge on any atom is 0.332 e. The molecule has 0 aliphatic heterocycles. The summed E-state index contributed by atoms with van der Waals surface area (Å²) >= 11 is 3.02. The number of Topliss-reactive ketones (excluding diaryl/α,β-unsaturated/α-hetero) is 1. The van der Waals surface area contributed by atoms with Crippen molar-refractivity contribution in [3.05, 3.63) is 33.5 Å². The van der Waals surface area contributed by atoms with Crippen molar-refractivity contribution in [3.63, 3.8) is 0 Å². The van der Waals surface area contributed by atoms with Crippen LogP contribution in [0.1, 0.15) is 34.3 Å². The Kier molecular flexibility index (Phi) is 3.59. The molecule has 0 unspecified atom stereocenters. The average Bonchev–Trinajstić information content (AvgIpc) is 2.88. The molecule has 0 spiro atoms. The molecule has 5 heteroatoms. The van der Waals surface area contributed by atoms with Crippen LogP contribution < -0.4 is 10.3 Å². The number of nitrogens with zero attached hydrogens (tertiary/aromatic N) is 1. The van der Waals surface area contributed by atoms with Crippen molar-refractivity contribution in [2.24, 2.45) is 0 Å². The minimum atomic E-state index is 0.116. The molecule has 2 N–H and O–H groups in total. The van der Waals surface area contributed by atoms with Crippen LogP contribution in [0.4, 0.5) is 5.13 Å². The summed E-state index contributed by atoms with van der Waals surface area (Å²) in [4.78, 5) is 13.9. The van der Waals surface area contributed by atoms with Crippen LogP contribution in [-0.4, -0.2) is 5.78 Å². The molecule has 3 nitrogen and oxygen atoms in total. The van der Waals surface area contributed by atoms with E-state index in [0.29, 0.717) is 17.6 Å². The lowest BCUT2D eigenvalue weighted by molar-refractivity contribution is -0.664. The van der Waals surface area contributed by atoms with Gasteiger partial charge in [0, 0.05) is 0 Å². The Labute approximate surface area is 109 Å². The number of hydrogen-bond donors (Lipinski definition) is 1. The van der Waals surface area contributed by atoms with Crippen molar-refractivity contribution in [1.82, 2.24) is 0 Å². The average molecular weight is 267 g/mol. The van der Waals surface area contributed by atoms with Gasteiger partial charge < -0.3 is 0 Å². The van der Waals surface area contributed by atoms with E-state index in [0.717, 1.165) is 4.88 Å². The summed E-state index contributed by atoms with van der Waals surface area (Å²) in [5.41, 5.74) is 5.91. The molecule has 0 bridgehead atoms. The Morgan fingerprint density at radius 3 is 2.82 bits per heavy atom. The number of nitrogens with two attached hydrogens (primary N) is 1. The van der Waals surface area contributed by atoms with Crippen molar-refractivity contribution >= 4 is 33.6 Å². The smallest absolute Gasteiger partial charge is 0.289 e. The van der Waals surface area contributed by atoms with Crippen molar-refractivity contribution in [2.45, 2.75) is 26.3 Å². The summed E-state index contributed by atoms with van der Waals surface area (Å²) in [6.45, 7) is 4.57. The molecule has 2 aromatic rings. The van der Waals surface area contributed by atoms with E-state index in [9.17, 15) is 4.79 Å². The Morgan fingerprint density at radius 1 is 1.53 bits per heavy atom. The zero-order valence-electron chi connectivity index (χ0n) is 9.84. The normalized spacial score (nSPS) is 11.0. The molecule has 0 aliphatic carbocycles. The highest BCUT2D eigenvalue weighted by Crippen LogP contribution is 2.22. The zero-order chi connectivity index (χ0) is 12.4. The maximum absolute atomic E-state index is 11.9. The number of aromatic nitrogens is 1. The van der Waals surface area contributed by atoms with Crippen LogP contribution in [0.25, 0.3) is 0 Å². The quantitative estimate of drug-likeness (QED) is 0.684. The number of hydrogen-bond acceptors (Lipinski definition) is 4. The van der Waals surface area contributed by atoms with E-state index in [-0.39, 0.29) is 5.78 Å². The Bertz CT molecular complexity index is 515. The van der Waals surface area contributed by atoms with Gasteiger partial charge in [-0.2, -0.15) is 0 Å². The number of thiazole rings is 1. The number of nitrogen functional groups attached to an aromatic ring is 1.